The predicted octanol–water partition coefficient (Wildman–Crippen LogP) is 2.86. The third-order valence-electron chi connectivity index (χ3n) is 3.16. The fourth-order valence-corrected chi connectivity index (χ4v) is 2.00. The number of rotatable bonds is 6. The van der Waals surface area contributed by atoms with Gasteiger partial charge in [-0.05, 0) is 24.1 Å². The van der Waals surface area contributed by atoms with Gasteiger partial charge < -0.3 is 4.74 Å². The summed E-state index contributed by atoms with van der Waals surface area (Å²) >= 11 is 0. The molecule has 2 aromatic rings. The Balaban J connectivity index is 2.24. The van der Waals surface area contributed by atoms with Crippen LogP contribution in [-0.4, -0.2) is 28.6 Å². The molecule has 0 aliphatic carbocycles. The molecule has 0 saturated heterocycles. The summed E-state index contributed by atoms with van der Waals surface area (Å²) in [7, 11) is 1.81. The van der Waals surface area contributed by atoms with Crippen molar-refractivity contribution in [1.82, 2.24) is 9.78 Å². The van der Waals surface area contributed by atoms with Gasteiger partial charge in [-0.2, -0.15) is 5.10 Å². The fraction of sp³-hybridized carbons (Fsp3) is 0.312. The lowest BCUT2D eigenvalue weighted by molar-refractivity contribution is 0.0500. The molecule has 5 heteroatoms. The van der Waals surface area contributed by atoms with Crippen molar-refractivity contribution >= 4 is 12.3 Å². The normalized spacial score (nSPS) is 10.4. The molecule has 0 saturated carbocycles. The molecule has 0 radical (unpaired) electrons. The maximum atomic E-state index is 11.9. The van der Waals surface area contributed by atoms with Crippen molar-refractivity contribution in [2.24, 2.45) is 7.05 Å². The Morgan fingerprint density at radius 2 is 2.24 bits per heavy atom. The van der Waals surface area contributed by atoms with Crippen LogP contribution in [0.1, 0.15) is 40.5 Å². The van der Waals surface area contributed by atoms with Crippen LogP contribution >= 0.6 is 0 Å². The highest BCUT2D eigenvalue weighted by molar-refractivity contribution is 5.95. The van der Waals surface area contributed by atoms with Crippen LogP contribution in [-0.2, 0) is 11.8 Å². The first-order valence-corrected chi connectivity index (χ1v) is 6.91. The molecule has 21 heavy (non-hydrogen) atoms. The number of nitrogens with zero attached hydrogens (tertiary/aromatic N) is 2. The Morgan fingerprint density at radius 1 is 1.43 bits per heavy atom. The zero-order valence-corrected chi connectivity index (χ0v) is 12.2. The third-order valence-corrected chi connectivity index (χ3v) is 3.16. The average Bonchev–Trinajstić information content (AvgIpc) is 2.93. The number of carbonyl (C=O) groups is 2. The van der Waals surface area contributed by atoms with Crippen LogP contribution in [0.25, 0.3) is 11.1 Å². The zero-order valence-electron chi connectivity index (χ0n) is 12.2. The topological polar surface area (TPSA) is 61.2 Å². The summed E-state index contributed by atoms with van der Waals surface area (Å²) < 4.78 is 6.81. The Bertz CT molecular complexity index is 647. The molecule has 0 amide bonds. The molecular formula is C16H18N2O3. The summed E-state index contributed by atoms with van der Waals surface area (Å²) in [5, 5.41) is 4.08. The Morgan fingerprint density at radius 3 is 2.86 bits per heavy atom. The van der Waals surface area contributed by atoms with Gasteiger partial charge in [-0.15, -0.1) is 0 Å². The third kappa shape index (κ3) is 3.56. The molecule has 0 N–H and O–H groups in total. The number of hydrogen-bond acceptors (Lipinski definition) is 4. The van der Waals surface area contributed by atoms with Crippen LogP contribution in [0.5, 0.6) is 0 Å². The molecule has 0 aliphatic rings. The van der Waals surface area contributed by atoms with E-state index in [1.807, 2.05) is 20.2 Å². The zero-order chi connectivity index (χ0) is 15.2. The Hall–Kier alpha value is -2.43. The van der Waals surface area contributed by atoms with E-state index in [2.05, 4.69) is 5.10 Å². The van der Waals surface area contributed by atoms with Gasteiger partial charge in [0.05, 0.1) is 18.4 Å². The number of aryl methyl sites for hydroxylation is 1. The minimum absolute atomic E-state index is 0.390. The van der Waals surface area contributed by atoms with E-state index in [1.54, 1.807) is 29.1 Å². The van der Waals surface area contributed by atoms with E-state index in [9.17, 15) is 9.59 Å². The number of carbonyl (C=O) groups excluding carboxylic acids is 2. The molecule has 110 valence electrons. The molecule has 1 aromatic heterocycles. The van der Waals surface area contributed by atoms with Gasteiger partial charge in [-0.25, -0.2) is 4.79 Å². The highest BCUT2D eigenvalue weighted by atomic mass is 16.5. The summed E-state index contributed by atoms with van der Waals surface area (Å²) in [5.74, 6) is -0.399. The van der Waals surface area contributed by atoms with Crippen LogP contribution in [0.3, 0.4) is 0 Å². The van der Waals surface area contributed by atoms with Gasteiger partial charge in [0.15, 0.2) is 6.29 Å². The second-order valence-corrected chi connectivity index (χ2v) is 4.81. The molecule has 5 nitrogen and oxygen atoms in total. The van der Waals surface area contributed by atoms with Gasteiger partial charge >= 0.3 is 5.97 Å². The van der Waals surface area contributed by atoms with Crippen molar-refractivity contribution in [3.63, 3.8) is 0 Å². The van der Waals surface area contributed by atoms with Crippen molar-refractivity contribution in [1.29, 1.82) is 0 Å². The second-order valence-electron chi connectivity index (χ2n) is 4.81. The van der Waals surface area contributed by atoms with Crippen LogP contribution in [0.15, 0.2) is 30.6 Å². The van der Waals surface area contributed by atoms with Gasteiger partial charge in [0.2, 0.25) is 0 Å². The van der Waals surface area contributed by atoms with E-state index in [1.165, 1.54) is 0 Å². The first kappa shape index (κ1) is 15.0. The molecule has 0 atom stereocenters. The van der Waals surface area contributed by atoms with E-state index >= 15 is 0 Å². The van der Waals surface area contributed by atoms with E-state index in [0.717, 1.165) is 30.3 Å². The maximum Gasteiger partial charge on any atom is 0.338 e. The number of aromatic nitrogens is 2. The minimum Gasteiger partial charge on any atom is -0.462 e. The number of benzene rings is 1. The van der Waals surface area contributed by atoms with Crippen LogP contribution in [0.4, 0.5) is 0 Å². The largest absolute Gasteiger partial charge is 0.462 e. The molecule has 0 fully saturated rings. The van der Waals surface area contributed by atoms with Gasteiger partial charge in [0.1, 0.15) is 0 Å². The van der Waals surface area contributed by atoms with E-state index < -0.39 is 5.97 Å². The lowest BCUT2D eigenvalue weighted by atomic mass is 10.0. The van der Waals surface area contributed by atoms with Crippen molar-refractivity contribution < 1.29 is 14.3 Å². The van der Waals surface area contributed by atoms with E-state index in [0.29, 0.717) is 17.7 Å². The monoisotopic (exact) mass is 286 g/mol. The van der Waals surface area contributed by atoms with Crippen molar-refractivity contribution in [2.75, 3.05) is 6.61 Å². The molecule has 1 heterocycles. The number of esters is 1. The average molecular weight is 286 g/mol. The van der Waals surface area contributed by atoms with Gasteiger partial charge in [-0.3, -0.25) is 9.48 Å². The molecular weight excluding hydrogens is 268 g/mol. The highest BCUT2D eigenvalue weighted by Gasteiger charge is 2.12. The smallest absolute Gasteiger partial charge is 0.338 e. The van der Waals surface area contributed by atoms with Gasteiger partial charge in [0.25, 0.3) is 0 Å². The summed E-state index contributed by atoms with van der Waals surface area (Å²) in [6.45, 7) is 2.43. The first-order valence-electron chi connectivity index (χ1n) is 6.91. The fourth-order valence-electron chi connectivity index (χ4n) is 2.00. The molecule has 0 spiro atoms. The summed E-state index contributed by atoms with van der Waals surface area (Å²) in [5.41, 5.74) is 2.43. The Kier molecular flexibility index (Phi) is 4.87. The van der Waals surface area contributed by atoms with E-state index in [4.69, 9.17) is 4.74 Å². The first-order chi connectivity index (χ1) is 10.2. The molecule has 0 unspecified atom stereocenters. The Labute approximate surface area is 123 Å². The van der Waals surface area contributed by atoms with Crippen molar-refractivity contribution in [3.8, 4) is 11.1 Å². The maximum absolute atomic E-state index is 11.9. The SMILES string of the molecule is CCCCOC(=O)c1ccc(-c2cnn(C)c2)c(C=O)c1. The van der Waals surface area contributed by atoms with Crippen LogP contribution in [0, 0.1) is 0 Å². The van der Waals surface area contributed by atoms with Crippen molar-refractivity contribution in [2.45, 2.75) is 19.8 Å². The minimum atomic E-state index is -0.399. The van der Waals surface area contributed by atoms with Crippen molar-refractivity contribution in [3.05, 3.63) is 41.7 Å². The standard InChI is InChI=1S/C16H18N2O3/c1-3-4-7-21-16(20)12-5-6-15(13(8-12)11-19)14-9-17-18(2)10-14/h5-6,8-11H,3-4,7H2,1-2H3. The van der Waals surface area contributed by atoms with Crippen LogP contribution < -0.4 is 0 Å². The summed E-state index contributed by atoms with van der Waals surface area (Å²) in [6.07, 6.45) is 6.04. The molecule has 0 bridgehead atoms. The van der Waals surface area contributed by atoms with Crippen LogP contribution in [0.2, 0.25) is 0 Å². The summed E-state index contributed by atoms with van der Waals surface area (Å²) in [4.78, 5) is 23.1. The summed E-state index contributed by atoms with van der Waals surface area (Å²) in [6, 6.07) is 4.98. The lowest BCUT2D eigenvalue weighted by Crippen LogP contribution is -2.07. The number of ether oxygens (including phenoxy) is 1. The molecule has 1 aromatic carbocycles. The molecule has 0 aliphatic heterocycles. The van der Waals surface area contributed by atoms with E-state index in [-0.39, 0.29) is 0 Å². The quantitative estimate of drug-likeness (QED) is 0.465. The second kappa shape index (κ2) is 6.83. The van der Waals surface area contributed by atoms with Gasteiger partial charge in [0, 0.05) is 24.4 Å². The molecule has 2 rings (SSSR count). The number of unbranched alkanes of at least 4 members (excludes halogenated alkanes) is 1. The van der Waals surface area contributed by atoms with Gasteiger partial charge in [-0.1, -0.05) is 19.4 Å². The predicted molar refractivity (Wildman–Crippen MR) is 79.2 cm³/mol. The number of hydrogen-bond donors (Lipinski definition) is 0. The number of aldehydes is 1. The lowest BCUT2D eigenvalue weighted by Gasteiger charge is -2.07. The highest BCUT2D eigenvalue weighted by Crippen LogP contribution is 2.23.